The highest BCUT2D eigenvalue weighted by molar-refractivity contribution is 7.99. The fourth-order valence-electron chi connectivity index (χ4n) is 3.22. The van der Waals surface area contributed by atoms with Crippen molar-refractivity contribution in [2.75, 3.05) is 57.3 Å². The highest BCUT2D eigenvalue weighted by atomic mass is 32.2. The van der Waals surface area contributed by atoms with Crippen LogP contribution in [0.2, 0.25) is 0 Å². The monoisotopic (exact) mass is 380 g/mol. The second-order valence-corrected chi connectivity index (χ2v) is 8.37. The summed E-state index contributed by atoms with van der Waals surface area (Å²) in [5, 5.41) is 10.1. The van der Waals surface area contributed by atoms with Crippen LogP contribution in [-0.2, 0) is 6.54 Å². The lowest BCUT2D eigenvalue weighted by molar-refractivity contribution is 0.0348. The Kier molecular flexibility index (Phi) is 6.39. The number of hydrogen-bond acceptors (Lipinski definition) is 7. The van der Waals surface area contributed by atoms with Crippen LogP contribution in [0.25, 0.3) is 0 Å². The molecule has 0 aliphatic carbocycles. The van der Waals surface area contributed by atoms with Gasteiger partial charge in [-0.1, -0.05) is 6.08 Å². The number of β-amino-alcohol motifs (C(OH)–C–C–N with tert-alkyl or cyclic N) is 1. The van der Waals surface area contributed by atoms with Gasteiger partial charge in [0.05, 0.1) is 12.1 Å². The molecule has 1 amide bonds. The summed E-state index contributed by atoms with van der Waals surface area (Å²) in [6.45, 7) is 11.7. The van der Waals surface area contributed by atoms with Crippen LogP contribution < -0.4 is 0 Å². The van der Waals surface area contributed by atoms with Crippen molar-refractivity contribution in [1.82, 2.24) is 19.7 Å². The number of hydrogen-bond donors (Lipinski definition) is 1. The molecule has 3 rings (SSSR count). The predicted octanol–water partition coefficient (Wildman–Crippen LogP) is 0.918. The normalized spacial score (nSPS) is 22.2. The Morgan fingerprint density at radius 2 is 1.96 bits per heavy atom. The number of nitrogens with zero attached hydrogens (tertiary/aromatic N) is 4. The van der Waals surface area contributed by atoms with Gasteiger partial charge in [-0.05, 0) is 6.92 Å². The van der Waals surface area contributed by atoms with Crippen LogP contribution in [0.3, 0.4) is 0 Å². The summed E-state index contributed by atoms with van der Waals surface area (Å²) in [5.74, 6) is 2.53. The molecule has 0 spiro atoms. The van der Waals surface area contributed by atoms with Crippen molar-refractivity contribution >= 4 is 17.7 Å². The molecule has 0 aromatic carbocycles. The van der Waals surface area contributed by atoms with Crippen LogP contribution in [0.15, 0.2) is 23.3 Å². The number of amides is 1. The highest BCUT2D eigenvalue weighted by Gasteiger charge is 2.26. The average Bonchev–Trinajstić information content (AvgIpc) is 3.12. The summed E-state index contributed by atoms with van der Waals surface area (Å²) in [6.07, 6.45) is 3.07. The van der Waals surface area contributed by atoms with Gasteiger partial charge in [-0.15, -0.1) is 6.58 Å². The van der Waals surface area contributed by atoms with E-state index in [1.54, 1.807) is 13.0 Å². The van der Waals surface area contributed by atoms with Gasteiger partial charge in [-0.2, -0.15) is 11.8 Å². The van der Waals surface area contributed by atoms with Crippen molar-refractivity contribution in [2.45, 2.75) is 19.1 Å². The Morgan fingerprint density at radius 1 is 1.31 bits per heavy atom. The number of oxazole rings is 1. The molecule has 3 heterocycles. The van der Waals surface area contributed by atoms with E-state index < -0.39 is 5.60 Å². The Hall–Kier alpha value is -1.35. The first-order chi connectivity index (χ1) is 12.5. The largest absolute Gasteiger partial charge is 0.447 e. The first-order valence-corrected chi connectivity index (χ1v) is 10.2. The van der Waals surface area contributed by atoms with Crippen molar-refractivity contribution in [1.29, 1.82) is 0 Å². The molecule has 2 fully saturated rings. The van der Waals surface area contributed by atoms with E-state index in [4.69, 9.17) is 4.42 Å². The topological polar surface area (TPSA) is 73.1 Å². The van der Waals surface area contributed by atoms with Gasteiger partial charge < -0.3 is 14.4 Å². The number of piperazine rings is 1. The molecule has 1 atom stereocenters. The van der Waals surface area contributed by atoms with Crippen LogP contribution in [0.5, 0.6) is 0 Å². The fourth-order valence-corrected chi connectivity index (χ4v) is 4.13. The average molecular weight is 381 g/mol. The molecule has 7 nitrogen and oxygen atoms in total. The third-order valence-corrected chi connectivity index (χ3v) is 5.82. The van der Waals surface area contributed by atoms with Gasteiger partial charge >= 0.3 is 0 Å². The van der Waals surface area contributed by atoms with Gasteiger partial charge in [0.2, 0.25) is 5.89 Å². The zero-order valence-electron chi connectivity index (χ0n) is 15.4. The molecule has 1 unspecified atom stereocenters. The lowest BCUT2D eigenvalue weighted by Crippen LogP contribution is -2.50. The number of carbonyl (C=O) groups excluding carboxylic acids is 1. The molecule has 0 saturated carbocycles. The summed E-state index contributed by atoms with van der Waals surface area (Å²) >= 11 is 1.88. The molecular formula is C18H28N4O3S. The molecule has 2 aliphatic heterocycles. The number of aromatic nitrogens is 1. The van der Waals surface area contributed by atoms with Crippen LogP contribution in [0, 0.1) is 0 Å². The Labute approximate surface area is 159 Å². The predicted molar refractivity (Wildman–Crippen MR) is 102 cm³/mol. The smallest absolute Gasteiger partial charge is 0.275 e. The SMILES string of the molecule is C=CC(C)(O)CN1CCN(Cc2nc(C(=O)N3CCSCC3)co2)CC1. The van der Waals surface area contributed by atoms with Crippen LogP contribution in [0.4, 0.5) is 0 Å². The minimum atomic E-state index is -0.854. The molecular weight excluding hydrogens is 352 g/mol. The van der Waals surface area contributed by atoms with E-state index in [1.165, 1.54) is 6.26 Å². The molecule has 1 aromatic rings. The van der Waals surface area contributed by atoms with E-state index in [0.717, 1.165) is 50.8 Å². The van der Waals surface area contributed by atoms with Gasteiger partial charge in [-0.3, -0.25) is 14.6 Å². The highest BCUT2D eigenvalue weighted by Crippen LogP contribution is 2.15. The molecule has 0 bridgehead atoms. The van der Waals surface area contributed by atoms with Crippen molar-refractivity contribution in [3.63, 3.8) is 0 Å². The van der Waals surface area contributed by atoms with Gasteiger partial charge in [-0.25, -0.2) is 4.98 Å². The van der Waals surface area contributed by atoms with Crippen molar-refractivity contribution in [3.8, 4) is 0 Å². The lowest BCUT2D eigenvalue weighted by Gasteiger charge is -2.36. The number of thioether (sulfide) groups is 1. The quantitative estimate of drug-likeness (QED) is 0.736. The maximum atomic E-state index is 12.5. The minimum Gasteiger partial charge on any atom is -0.447 e. The number of carbonyl (C=O) groups is 1. The van der Waals surface area contributed by atoms with Crippen molar-refractivity contribution < 1.29 is 14.3 Å². The zero-order chi connectivity index (χ0) is 18.6. The summed E-state index contributed by atoms with van der Waals surface area (Å²) in [5.41, 5.74) is -0.444. The molecule has 0 radical (unpaired) electrons. The first kappa shape index (κ1) is 19.4. The summed E-state index contributed by atoms with van der Waals surface area (Å²) < 4.78 is 5.53. The van der Waals surface area contributed by atoms with Gasteiger partial charge in [0.25, 0.3) is 5.91 Å². The second kappa shape index (κ2) is 8.56. The van der Waals surface area contributed by atoms with E-state index in [1.807, 2.05) is 16.7 Å². The number of rotatable bonds is 6. The van der Waals surface area contributed by atoms with Crippen LogP contribution >= 0.6 is 11.8 Å². The fraction of sp³-hybridized carbons (Fsp3) is 0.667. The number of aliphatic hydroxyl groups is 1. The second-order valence-electron chi connectivity index (χ2n) is 7.14. The zero-order valence-corrected chi connectivity index (χ0v) is 16.2. The van der Waals surface area contributed by atoms with E-state index in [0.29, 0.717) is 24.7 Å². The van der Waals surface area contributed by atoms with Crippen molar-refractivity contribution in [3.05, 3.63) is 30.5 Å². The molecule has 1 aromatic heterocycles. The standard InChI is InChI=1S/C18H28N4O3S/c1-3-18(2,24)14-21-6-4-20(5-7-21)12-16-19-15(13-25-16)17(23)22-8-10-26-11-9-22/h3,13,24H,1,4-12,14H2,2H3. The third-order valence-electron chi connectivity index (χ3n) is 4.88. The van der Waals surface area contributed by atoms with Gasteiger partial charge in [0.15, 0.2) is 5.69 Å². The maximum absolute atomic E-state index is 12.5. The summed E-state index contributed by atoms with van der Waals surface area (Å²) in [7, 11) is 0. The molecule has 2 aliphatic rings. The lowest BCUT2D eigenvalue weighted by atomic mass is 10.1. The minimum absolute atomic E-state index is 0.0308. The van der Waals surface area contributed by atoms with Gasteiger partial charge in [0, 0.05) is 57.3 Å². The molecule has 2 saturated heterocycles. The maximum Gasteiger partial charge on any atom is 0.275 e. The summed E-state index contributed by atoms with van der Waals surface area (Å²) in [6, 6.07) is 0. The molecule has 144 valence electrons. The Morgan fingerprint density at radius 3 is 2.62 bits per heavy atom. The molecule has 8 heteroatoms. The first-order valence-electron chi connectivity index (χ1n) is 9.09. The third kappa shape index (κ3) is 5.09. The molecule has 1 N–H and O–H groups in total. The Balaban J connectivity index is 1.48. The molecule has 26 heavy (non-hydrogen) atoms. The van der Waals surface area contributed by atoms with Gasteiger partial charge in [0.1, 0.15) is 6.26 Å². The van der Waals surface area contributed by atoms with E-state index in [2.05, 4.69) is 21.4 Å². The van der Waals surface area contributed by atoms with Crippen molar-refractivity contribution in [2.24, 2.45) is 0 Å². The van der Waals surface area contributed by atoms with Crippen LogP contribution in [-0.4, -0.2) is 93.6 Å². The van der Waals surface area contributed by atoms with Crippen LogP contribution in [0.1, 0.15) is 23.3 Å². The van der Waals surface area contributed by atoms with E-state index >= 15 is 0 Å². The summed E-state index contributed by atoms with van der Waals surface area (Å²) in [4.78, 5) is 23.2. The Bertz CT molecular complexity index is 620. The van der Waals surface area contributed by atoms with E-state index in [9.17, 15) is 9.90 Å². The van der Waals surface area contributed by atoms with E-state index in [-0.39, 0.29) is 5.91 Å².